The number of alkyl carbamates (subject to hydrolysis) is 1. The number of rotatable bonds is 10. The lowest BCUT2D eigenvalue weighted by Crippen LogP contribution is -2.27. The lowest BCUT2D eigenvalue weighted by molar-refractivity contribution is -0.118. The van der Waals surface area contributed by atoms with E-state index < -0.39 is 6.09 Å². The van der Waals surface area contributed by atoms with Crippen LogP contribution < -0.4 is 10.1 Å². The van der Waals surface area contributed by atoms with Gasteiger partial charge in [-0.15, -0.1) is 11.3 Å². The Bertz CT molecular complexity index is 1310. The number of methoxy groups -OCH3 is 1. The minimum Gasteiger partial charge on any atom is -0.497 e. The number of amides is 1. The zero-order valence-corrected chi connectivity index (χ0v) is 22.2. The van der Waals surface area contributed by atoms with Crippen LogP contribution in [0.15, 0.2) is 30.5 Å². The largest absolute Gasteiger partial charge is 0.497 e. The minimum absolute atomic E-state index is 0.0628. The molecule has 0 spiro atoms. The Hall–Kier alpha value is -3.64. The summed E-state index contributed by atoms with van der Waals surface area (Å²) < 4.78 is 10.8. The number of thiophene rings is 1. The van der Waals surface area contributed by atoms with Gasteiger partial charge in [0, 0.05) is 40.4 Å². The molecule has 0 fully saturated rings. The summed E-state index contributed by atoms with van der Waals surface area (Å²) in [5, 5.41) is 19.4. The second-order valence-electron chi connectivity index (χ2n) is 9.59. The van der Waals surface area contributed by atoms with Gasteiger partial charge in [0.1, 0.15) is 17.6 Å². The number of benzene rings is 1. The van der Waals surface area contributed by atoms with E-state index in [0.717, 1.165) is 57.2 Å². The normalized spacial score (nSPS) is 15.4. The van der Waals surface area contributed by atoms with Gasteiger partial charge in [0.25, 0.3) is 0 Å². The Labute approximate surface area is 221 Å². The molecule has 3 aromatic rings. The average molecular weight is 521 g/mol. The lowest BCUT2D eigenvalue weighted by atomic mass is 9.87. The van der Waals surface area contributed by atoms with Crippen LogP contribution in [0.5, 0.6) is 5.75 Å². The Balaban J connectivity index is 1.31. The number of hydrogen-bond donors (Lipinski definition) is 2. The van der Waals surface area contributed by atoms with Gasteiger partial charge in [-0.25, -0.2) is 4.79 Å². The van der Waals surface area contributed by atoms with Gasteiger partial charge in [0.05, 0.1) is 25.5 Å². The van der Waals surface area contributed by atoms with E-state index in [0.29, 0.717) is 25.1 Å². The number of Topliss-reactive ketones (excluding diaryl/α,β-unsaturated/α-hetero) is 1. The molecule has 37 heavy (non-hydrogen) atoms. The molecule has 2 N–H and O–H groups in total. The van der Waals surface area contributed by atoms with Crippen molar-refractivity contribution in [1.82, 2.24) is 15.5 Å². The van der Waals surface area contributed by atoms with Crippen LogP contribution in [0.3, 0.4) is 0 Å². The number of carbonyl (C=O) groups is 2. The molecule has 0 radical (unpaired) electrons. The molecule has 2 aromatic heterocycles. The molecule has 1 aliphatic rings. The second-order valence-corrected chi connectivity index (χ2v) is 10.8. The summed E-state index contributed by atoms with van der Waals surface area (Å²) in [4.78, 5) is 27.1. The highest BCUT2D eigenvalue weighted by atomic mass is 32.1. The zero-order chi connectivity index (χ0) is 26.4. The third-order valence-corrected chi connectivity index (χ3v) is 8.17. The number of ketones is 1. The molecule has 0 aliphatic heterocycles. The molecule has 1 aliphatic carbocycles. The first-order valence-corrected chi connectivity index (χ1v) is 13.3. The molecule has 4 rings (SSSR count). The molecule has 9 heteroatoms. The summed E-state index contributed by atoms with van der Waals surface area (Å²) >= 11 is 1.56. The van der Waals surface area contributed by atoms with Gasteiger partial charge in [0.2, 0.25) is 0 Å². The third-order valence-electron chi connectivity index (χ3n) is 6.91. The molecule has 1 aromatic carbocycles. The summed E-state index contributed by atoms with van der Waals surface area (Å²) in [6.07, 6.45) is 4.25. The quantitative estimate of drug-likeness (QED) is 0.389. The number of H-pyrrole nitrogens is 1. The van der Waals surface area contributed by atoms with Crippen LogP contribution in [0, 0.1) is 24.2 Å². The maximum atomic E-state index is 12.9. The number of ether oxygens (including phenoxy) is 2. The van der Waals surface area contributed by atoms with Crippen LogP contribution in [0.25, 0.3) is 0 Å². The van der Waals surface area contributed by atoms with Crippen molar-refractivity contribution < 1.29 is 19.1 Å². The minimum atomic E-state index is -0.452. The molecule has 8 nitrogen and oxygen atoms in total. The predicted molar refractivity (Wildman–Crippen MR) is 141 cm³/mol. The van der Waals surface area contributed by atoms with Gasteiger partial charge in [-0.2, -0.15) is 10.4 Å². The van der Waals surface area contributed by atoms with Gasteiger partial charge >= 0.3 is 6.09 Å². The van der Waals surface area contributed by atoms with Gasteiger partial charge in [-0.1, -0.05) is 19.1 Å². The van der Waals surface area contributed by atoms with E-state index in [2.05, 4.69) is 21.6 Å². The van der Waals surface area contributed by atoms with E-state index >= 15 is 0 Å². The number of nitriles is 1. The number of carbonyl (C=O) groups excluding carboxylic acids is 2. The number of aryl methyl sites for hydroxylation is 1. The highest BCUT2D eigenvalue weighted by molar-refractivity contribution is 7.12. The summed E-state index contributed by atoms with van der Waals surface area (Å²) in [5.41, 5.74) is 4.62. The fraction of sp³-hybridized carbons (Fsp3) is 0.429. The van der Waals surface area contributed by atoms with E-state index in [1.807, 2.05) is 38.1 Å². The number of hydrogen-bond acceptors (Lipinski definition) is 7. The molecule has 0 bridgehead atoms. The molecule has 2 heterocycles. The van der Waals surface area contributed by atoms with Crippen molar-refractivity contribution in [2.45, 2.75) is 58.4 Å². The van der Waals surface area contributed by atoms with Crippen LogP contribution in [0.4, 0.5) is 4.79 Å². The van der Waals surface area contributed by atoms with Crippen molar-refractivity contribution >= 4 is 23.2 Å². The number of nitrogens with one attached hydrogen (secondary N) is 2. The molecule has 1 amide bonds. The van der Waals surface area contributed by atoms with E-state index in [9.17, 15) is 14.9 Å². The first kappa shape index (κ1) is 26.4. The van der Waals surface area contributed by atoms with Crippen LogP contribution in [-0.4, -0.2) is 35.8 Å². The van der Waals surface area contributed by atoms with Gasteiger partial charge in [0.15, 0.2) is 0 Å². The maximum absolute atomic E-state index is 12.9. The van der Waals surface area contributed by atoms with Crippen molar-refractivity contribution in [3.63, 3.8) is 0 Å². The van der Waals surface area contributed by atoms with Gasteiger partial charge < -0.3 is 14.8 Å². The Morgan fingerprint density at radius 1 is 1.38 bits per heavy atom. The first-order chi connectivity index (χ1) is 17.9. The van der Waals surface area contributed by atoms with Crippen molar-refractivity contribution in [2.24, 2.45) is 5.92 Å². The fourth-order valence-corrected chi connectivity index (χ4v) is 6.18. The van der Waals surface area contributed by atoms with Crippen LogP contribution in [0.2, 0.25) is 0 Å². The first-order valence-electron chi connectivity index (χ1n) is 12.5. The zero-order valence-electron chi connectivity index (χ0n) is 21.4. The van der Waals surface area contributed by atoms with E-state index in [-0.39, 0.29) is 24.0 Å². The molecular formula is C28H32N4O4S. The Morgan fingerprint density at radius 3 is 2.95 bits per heavy atom. The fourth-order valence-electron chi connectivity index (χ4n) is 4.73. The number of nitrogens with zero attached hydrogens (tertiary/aromatic N) is 2. The molecular weight excluding hydrogens is 488 g/mol. The van der Waals surface area contributed by atoms with E-state index in [4.69, 9.17) is 9.47 Å². The highest BCUT2D eigenvalue weighted by Crippen LogP contribution is 2.37. The van der Waals surface area contributed by atoms with Gasteiger partial charge in [-0.3, -0.25) is 9.89 Å². The Kier molecular flexibility index (Phi) is 8.62. The van der Waals surface area contributed by atoms with E-state index in [1.54, 1.807) is 24.6 Å². The molecule has 2 atom stereocenters. The van der Waals surface area contributed by atoms with Crippen molar-refractivity contribution in [3.8, 4) is 11.8 Å². The van der Waals surface area contributed by atoms with Crippen molar-refractivity contribution in [3.05, 3.63) is 68.2 Å². The molecule has 2 unspecified atom stereocenters. The van der Waals surface area contributed by atoms with Crippen LogP contribution >= 0.6 is 11.3 Å². The summed E-state index contributed by atoms with van der Waals surface area (Å²) in [6.45, 7) is 4.62. The van der Waals surface area contributed by atoms with Crippen molar-refractivity contribution in [1.29, 1.82) is 5.26 Å². The van der Waals surface area contributed by atoms with E-state index in [1.165, 1.54) is 0 Å². The SMILES string of the molecule is COc1cccc(C(C)CC(=O)Cc2sc3c(c2C#N)CCC(COC(=O)NCc2cn[nH]c2C)C3)c1. The van der Waals surface area contributed by atoms with Crippen LogP contribution in [-0.2, 0) is 35.3 Å². The smallest absolute Gasteiger partial charge is 0.407 e. The number of fused-ring (bicyclic) bond motifs is 1. The summed E-state index contributed by atoms with van der Waals surface area (Å²) in [7, 11) is 1.63. The third kappa shape index (κ3) is 6.57. The summed E-state index contributed by atoms with van der Waals surface area (Å²) in [5.74, 6) is 1.15. The molecule has 194 valence electrons. The average Bonchev–Trinajstić information content (AvgIpc) is 3.47. The second kappa shape index (κ2) is 12.1. The van der Waals surface area contributed by atoms with Gasteiger partial charge in [-0.05, 0) is 61.3 Å². The van der Waals surface area contributed by atoms with Crippen LogP contribution in [0.1, 0.15) is 63.4 Å². The Morgan fingerprint density at radius 2 is 2.22 bits per heavy atom. The molecule has 0 saturated heterocycles. The maximum Gasteiger partial charge on any atom is 0.407 e. The lowest BCUT2D eigenvalue weighted by Gasteiger charge is -2.22. The highest BCUT2D eigenvalue weighted by Gasteiger charge is 2.27. The standard InChI is InChI=1S/C28H32N4O4S/c1-17(20-5-4-6-23(11-20)35-3)9-22(33)12-27-25(13-29)24-8-7-19(10-26(24)37-27)16-36-28(34)30-14-21-15-31-32-18(21)2/h4-6,11,15,17,19H,7-10,12,14,16H2,1-3H3,(H,30,34)(H,31,32). The number of aromatic amines is 1. The number of aromatic nitrogens is 2. The monoisotopic (exact) mass is 520 g/mol. The predicted octanol–water partition coefficient (Wildman–Crippen LogP) is 5.00. The van der Waals surface area contributed by atoms with Crippen molar-refractivity contribution in [2.75, 3.05) is 13.7 Å². The topological polar surface area (TPSA) is 117 Å². The summed E-state index contributed by atoms with van der Waals surface area (Å²) in [6, 6.07) is 10.1. The molecule has 0 saturated carbocycles.